The molecule has 62 valence electrons. The molecule has 0 unspecified atom stereocenters. The Morgan fingerprint density at radius 2 is 2.33 bits per heavy atom. The third kappa shape index (κ3) is 1.12. The Bertz CT molecular complexity index is 309. The van der Waals surface area contributed by atoms with Crippen molar-refractivity contribution in [1.29, 1.82) is 0 Å². The fourth-order valence-corrected chi connectivity index (χ4v) is 1.58. The summed E-state index contributed by atoms with van der Waals surface area (Å²) in [6, 6.07) is 5.71. The highest BCUT2D eigenvalue weighted by Crippen LogP contribution is 2.24. The van der Waals surface area contributed by atoms with E-state index < -0.39 is 0 Å². The van der Waals surface area contributed by atoms with Crippen molar-refractivity contribution in [3.8, 4) is 0 Å². The van der Waals surface area contributed by atoms with Gasteiger partial charge in [0.1, 0.15) is 5.69 Å². The zero-order chi connectivity index (χ0) is 8.39. The van der Waals surface area contributed by atoms with Crippen LogP contribution in [-0.4, -0.2) is 6.54 Å². The molecule has 0 aliphatic carbocycles. The van der Waals surface area contributed by atoms with Crippen LogP contribution in [0.15, 0.2) is 23.4 Å². The third-order valence-electron chi connectivity index (χ3n) is 2.22. The zero-order valence-corrected chi connectivity index (χ0v) is 6.71. The highest BCUT2D eigenvalue weighted by atomic mass is 16.3. The van der Waals surface area contributed by atoms with Gasteiger partial charge in [-0.05, 0) is 35.3 Å². The summed E-state index contributed by atoms with van der Waals surface area (Å²) < 4.78 is 0. The molecule has 2 rings (SSSR count). The van der Waals surface area contributed by atoms with E-state index in [2.05, 4.69) is 16.6 Å². The van der Waals surface area contributed by atoms with Gasteiger partial charge < -0.3 is 5.32 Å². The third-order valence-corrected chi connectivity index (χ3v) is 2.22. The molecule has 0 atom stereocenters. The standard InChI is InChI=1S/C9H10N2O/c12-11-9-3-1-2-7-4-5-10-6-8(7)9/h1-3,10H,4-6H2. The highest BCUT2D eigenvalue weighted by molar-refractivity contribution is 5.50. The minimum absolute atomic E-state index is 0.583. The topological polar surface area (TPSA) is 41.5 Å². The average molecular weight is 162 g/mol. The summed E-state index contributed by atoms with van der Waals surface area (Å²) in [5.41, 5.74) is 2.91. The number of nitrogens with zero attached hydrogens (tertiary/aromatic N) is 1. The predicted octanol–water partition coefficient (Wildman–Crippen LogP) is 1.73. The minimum atomic E-state index is 0.583. The van der Waals surface area contributed by atoms with Crippen molar-refractivity contribution < 1.29 is 0 Å². The van der Waals surface area contributed by atoms with Crippen molar-refractivity contribution in [3.05, 3.63) is 34.2 Å². The number of benzene rings is 1. The molecule has 12 heavy (non-hydrogen) atoms. The van der Waals surface area contributed by atoms with Gasteiger partial charge in [0.05, 0.1) is 0 Å². The Hall–Kier alpha value is -1.22. The molecule has 0 saturated heterocycles. The minimum Gasteiger partial charge on any atom is -0.312 e. The molecule has 1 aliphatic rings. The summed E-state index contributed by atoms with van der Waals surface area (Å²) in [5, 5.41) is 6.21. The molecule has 1 N–H and O–H groups in total. The lowest BCUT2D eigenvalue weighted by Gasteiger charge is -2.17. The van der Waals surface area contributed by atoms with E-state index in [1.165, 1.54) is 5.56 Å². The van der Waals surface area contributed by atoms with Gasteiger partial charge in [0, 0.05) is 6.54 Å². The molecule has 3 heteroatoms. The largest absolute Gasteiger partial charge is 0.312 e. The molecular weight excluding hydrogens is 152 g/mol. The maximum Gasteiger partial charge on any atom is 0.112 e. The summed E-state index contributed by atoms with van der Waals surface area (Å²) in [7, 11) is 0. The molecule has 3 nitrogen and oxygen atoms in total. The van der Waals surface area contributed by atoms with Gasteiger partial charge in [0.15, 0.2) is 0 Å². The van der Waals surface area contributed by atoms with E-state index in [1.54, 1.807) is 6.07 Å². The van der Waals surface area contributed by atoms with Crippen molar-refractivity contribution in [3.63, 3.8) is 0 Å². The monoisotopic (exact) mass is 162 g/mol. The van der Waals surface area contributed by atoms with Gasteiger partial charge >= 0.3 is 0 Å². The Labute approximate surface area is 70.8 Å². The number of hydrogen-bond acceptors (Lipinski definition) is 3. The fraction of sp³-hybridized carbons (Fsp3) is 0.333. The Kier molecular flexibility index (Phi) is 1.87. The van der Waals surface area contributed by atoms with Gasteiger partial charge in [-0.1, -0.05) is 12.1 Å². The fourth-order valence-electron chi connectivity index (χ4n) is 1.58. The summed E-state index contributed by atoms with van der Waals surface area (Å²) in [4.78, 5) is 10.4. The van der Waals surface area contributed by atoms with Gasteiger partial charge in [-0.25, -0.2) is 0 Å². The summed E-state index contributed by atoms with van der Waals surface area (Å²) in [5.74, 6) is 0. The van der Waals surface area contributed by atoms with Gasteiger partial charge in [-0.2, -0.15) is 0 Å². The first kappa shape index (κ1) is 7.43. The van der Waals surface area contributed by atoms with Crippen LogP contribution in [0.2, 0.25) is 0 Å². The highest BCUT2D eigenvalue weighted by Gasteiger charge is 2.11. The second kappa shape index (κ2) is 3.03. The van der Waals surface area contributed by atoms with Crippen LogP contribution in [-0.2, 0) is 13.0 Å². The molecular formula is C9H10N2O. The molecule has 0 radical (unpaired) electrons. The van der Waals surface area contributed by atoms with Crippen LogP contribution in [0, 0.1) is 4.91 Å². The first-order valence-corrected chi connectivity index (χ1v) is 4.06. The lowest BCUT2D eigenvalue weighted by atomic mass is 10.00. The lowest BCUT2D eigenvalue weighted by Crippen LogP contribution is -2.23. The molecule has 0 bridgehead atoms. The summed E-state index contributed by atoms with van der Waals surface area (Å²) in [6.07, 6.45) is 0.999. The molecule has 0 saturated carbocycles. The first-order valence-electron chi connectivity index (χ1n) is 4.06. The van der Waals surface area contributed by atoms with Crippen LogP contribution < -0.4 is 5.32 Å². The van der Waals surface area contributed by atoms with E-state index in [4.69, 9.17) is 0 Å². The van der Waals surface area contributed by atoms with Crippen molar-refractivity contribution in [1.82, 2.24) is 5.32 Å². The molecule has 0 spiro atoms. The van der Waals surface area contributed by atoms with Crippen LogP contribution in [0.4, 0.5) is 5.69 Å². The molecule has 1 aromatic rings. The lowest BCUT2D eigenvalue weighted by molar-refractivity contribution is 0.644. The van der Waals surface area contributed by atoms with E-state index >= 15 is 0 Å². The summed E-state index contributed by atoms with van der Waals surface area (Å²) >= 11 is 0. The van der Waals surface area contributed by atoms with Crippen molar-refractivity contribution >= 4 is 5.69 Å². The molecule has 1 aromatic carbocycles. The Balaban J connectivity index is 2.51. The number of rotatable bonds is 1. The van der Waals surface area contributed by atoms with Crippen molar-refractivity contribution in [2.24, 2.45) is 5.18 Å². The number of nitroso groups, excluding NO2 is 1. The summed E-state index contributed by atoms with van der Waals surface area (Å²) in [6.45, 7) is 1.77. The Morgan fingerprint density at radius 1 is 1.42 bits per heavy atom. The van der Waals surface area contributed by atoms with Gasteiger partial charge in [-0.15, -0.1) is 4.91 Å². The normalized spacial score (nSPS) is 15.3. The zero-order valence-electron chi connectivity index (χ0n) is 6.71. The van der Waals surface area contributed by atoms with E-state index in [0.29, 0.717) is 5.69 Å². The van der Waals surface area contributed by atoms with Gasteiger partial charge in [-0.3, -0.25) is 0 Å². The maximum atomic E-state index is 10.4. The van der Waals surface area contributed by atoms with E-state index in [0.717, 1.165) is 25.1 Å². The van der Waals surface area contributed by atoms with Crippen LogP contribution in [0.1, 0.15) is 11.1 Å². The SMILES string of the molecule is O=Nc1cccc2c1CNCC2. The van der Waals surface area contributed by atoms with E-state index in [-0.39, 0.29) is 0 Å². The molecule has 0 fully saturated rings. The van der Waals surface area contributed by atoms with Crippen molar-refractivity contribution in [2.45, 2.75) is 13.0 Å². The van der Waals surface area contributed by atoms with Crippen LogP contribution >= 0.6 is 0 Å². The van der Waals surface area contributed by atoms with Gasteiger partial charge in [0.25, 0.3) is 0 Å². The number of fused-ring (bicyclic) bond motifs is 1. The predicted molar refractivity (Wildman–Crippen MR) is 47.3 cm³/mol. The van der Waals surface area contributed by atoms with Crippen LogP contribution in [0.5, 0.6) is 0 Å². The van der Waals surface area contributed by atoms with Crippen molar-refractivity contribution in [2.75, 3.05) is 6.54 Å². The van der Waals surface area contributed by atoms with E-state index in [9.17, 15) is 4.91 Å². The second-order valence-corrected chi connectivity index (χ2v) is 2.93. The Morgan fingerprint density at radius 3 is 3.17 bits per heavy atom. The van der Waals surface area contributed by atoms with Gasteiger partial charge in [0.2, 0.25) is 0 Å². The maximum absolute atomic E-state index is 10.4. The first-order chi connectivity index (χ1) is 5.92. The van der Waals surface area contributed by atoms with Crippen LogP contribution in [0.25, 0.3) is 0 Å². The molecule has 1 heterocycles. The molecule has 0 aromatic heterocycles. The molecule has 0 amide bonds. The number of nitrogens with one attached hydrogen (secondary N) is 1. The van der Waals surface area contributed by atoms with Crippen LogP contribution in [0.3, 0.4) is 0 Å². The molecule has 1 aliphatic heterocycles. The average Bonchev–Trinajstić information content (AvgIpc) is 2.17. The quantitative estimate of drug-likeness (QED) is 0.639. The smallest absolute Gasteiger partial charge is 0.112 e. The number of hydrogen-bond donors (Lipinski definition) is 1. The van der Waals surface area contributed by atoms with E-state index in [1.807, 2.05) is 6.07 Å². The second-order valence-electron chi connectivity index (χ2n) is 2.93.